The van der Waals surface area contributed by atoms with Crippen molar-refractivity contribution in [2.45, 2.75) is 19.4 Å². The molecule has 1 aliphatic heterocycles. The second-order valence-electron chi connectivity index (χ2n) is 6.54. The van der Waals surface area contributed by atoms with Gasteiger partial charge < -0.3 is 5.32 Å². The molecule has 6 nitrogen and oxygen atoms in total. The number of benzene rings is 2. The fourth-order valence-corrected chi connectivity index (χ4v) is 3.37. The Morgan fingerprint density at radius 3 is 2.65 bits per heavy atom. The number of nitrogens with one attached hydrogen (secondary N) is 2. The molecule has 1 saturated heterocycles. The molecular formula is C20H20N4O2. The van der Waals surface area contributed by atoms with Crippen LogP contribution in [0.4, 0.5) is 5.69 Å². The van der Waals surface area contributed by atoms with Gasteiger partial charge in [-0.25, -0.2) is 0 Å². The van der Waals surface area contributed by atoms with Gasteiger partial charge in [0.15, 0.2) is 5.69 Å². The second kappa shape index (κ2) is 7.09. The number of nitrogens with zero attached hydrogens (tertiary/aromatic N) is 2. The molecule has 0 radical (unpaired) electrons. The van der Waals surface area contributed by atoms with Crippen LogP contribution in [0.15, 0.2) is 53.3 Å². The summed E-state index contributed by atoms with van der Waals surface area (Å²) in [6, 6.07) is 14.7. The molecule has 0 bridgehead atoms. The zero-order valence-electron chi connectivity index (χ0n) is 14.4. The van der Waals surface area contributed by atoms with Crippen LogP contribution in [-0.2, 0) is 6.54 Å². The van der Waals surface area contributed by atoms with Crippen molar-refractivity contribution >= 4 is 22.5 Å². The van der Waals surface area contributed by atoms with Gasteiger partial charge in [-0.05, 0) is 49.7 Å². The van der Waals surface area contributed by atoms with E-state index in [1.54, 1.807) is 18.2 Å². The summed E-state index contributed by atoms with van der Waals surface area (Å²) in [4.78, 5) is 27.6. The second-order valence-corrected chi connectivity index (χ2v) is 6.54. The lowest BCUT2D eigenvalue weighted by Gasteiger charge is -2.17. The van der Waals surface area contributed by atoms with Crippen LogP contribution in [0.2, 0.25) is 0 Å². The molecule has 3 aromatic rings. The summed E-state index contributed by atoms with van der Waals surface area (Å²) in [7, 11) is 0. The Kier molecular flexibility index (Phi) is 4.50. The van der Waals surface area contributed by atoms with Gasteiger partial charge in [-0.1, -0.05) is 30.3 Å². The average molecular weight is 348 g/mol. The predicted octanol–water partition coefficient (Wildman–Crippen LogP) is 2.77. The Labute approximate surface area is 150 Å². The van der Waals surface area contributed by atoms with Gasteiger partial charge in [0.1, 0.15) is 0 Å². The molecule has 2 aromatic carbocycles. The third kappa shape index (κ3) is 3.23. The highest BCUT2D eigenvalue weighted by Crippen LogP contribution is 2.20. The van der Waals surface area contributed by atoms with E-state index < -0.39 is 5.91 Å². The largest absolute Gasteiger partial charge is 0.320 e. The molecule has 1 aliphatic rings. The van der Waals surface area contributed by atoms with E-state index in [0.29, 0.717) is 10.9 Å². The van der Waals surface area contributed by atoms with Gasteiger partial charge in [-0.3, -0.25) is 19.6 Å². The maximum atomic E-state index is 12.7. The SMILES string of the molecule is O=C(Nc1ccccc1CN1CCCC1)c1n[nH]c2ccccc2c1=O. The molecule has 0 atom stereocenters. The topological polar surface area (TPSA) is 78.1 Å². The lowest BCUT2D eigenvalue weighted by atomic mass is 10.1. The summed E-state index contributed by atoms with van der Waals surface area (Å²) in [5.74, 6) is -0.495. The molecule has 132 valence electrons. The summed E-state index contributed by atoms with van der Waals surface area (Å²) in [5, 5.41) is 10.1. The number of hydrogen-bond donors (Lipinski definition) is 2. The predicted molar refractivity (Wildman–Crippen MR) is 101 cm³/mol. The number of carbonyl (C=O) groups excluding carboxylic acids is 1. The maximum absolute atomic E-state index is 12.7. The number of aromatic nitrogens is 2. The Morgan fingerprint density at radius 2 is 1.81 bits per heavy atom. The highest BCUT2D eigenvalue weighted by molar-refractivity contribution is 6.04. The Hall–Kier alpha value is -2.99. The molecule has 6 heteroatoms. The Morgan fingerprint density at radius 1 is 1.08 bits per heavy atom. The summed E-state index contributed by atoms with van der Waals surface area (Å²) in [5.41, 5.74) is 1.88. The van der Waals surface area contributed by atoms with Crippen molar-refractivity contribution in [1.82, 2.24) is 15.1 Å². The van der Waals surface area contributed by atoms with Crippen molar-refractivity contribution in [3.05, 3.63) is 70.0 Å². The first-order valence-corrected chi connectivity index (χ1v) is 8.81. The van der Waals surface area contributed by atoms with E-state index in [2.05, 4.69) is 20.4 Å². The number of anilines is 1. The van der Waals surface area contributed by atoms with Gasteiger partial charge in [0, 0.05) is 17.6 Å². The van der Waals surface area contributed by atoms with Crippen LogP contribution in [0.5, 0.6) is 0 Å². The lowest BCUT2D eigenvalue weighted by Crippen LogP contribution is -2.25. The average Bonchev–Trinajstić information content (AvgIpc) is 3.17. The molecule has 0 aliphatic carbocycles. The highest BCUT2D eigenvalue weighted by atomic mass is 16.2. The van der Waals surface area contributed by atoms with Crippen molar-refractivity contribution in [3.8, 4) is 0 Å². The van der Waals surface area contributed by atoms with Crippen molar-refractivity contribution in [1.29, 1.82) is 0 Å². The molecule has 2 heterocycles. The van der Waals surface area contributed by atoms with Crippen LogP contribution >= 0.6 is 0 Å². The normalized spacial score (nSPS) is 14.6. The summed E-state index contributed by atoms with van der Waals surface area (Å²) in [6.45, 7) is 2.94. The number of amides is 1. The molecular weight excluding hydrogens is 328 g/mol. The van der Waals surface area contributed by atoms with Crippen molar-refractivity contribution in [2.24, 2.45) is 0 Å². The number of carbonyl (C=O) groups is 1. The van der Waals surface area contributed by atoms with Crippen LogP contribution < -0.4 is 10.7 Å². The van der Waals surface area contributed by atoms with E-state index in [1.165, 1.54) is 12.8 Å². The van der Waals surface area contributed by atoms with Gasteiger partial charge in [0.2, 0.25) is 5.43 Å². The lowest BCUT2D eigenvalue weighted by molar-refractivity contribution is 0.102. The Balaban J connectivity index is 1.61. The zero-order chi connectivity index (χ0) is 17.9. The number of hydrogen-bond acceptors (Lipinski definition) is 4. The first kappa shape index (κ1) is 16.5. The number of rotatable bonds is 4. The van der Waals surface area contributed by atoms with Gasteiger partial charge in [-0.15, -0.1) is 0 Å². The Bertz CT molecular complexity index is 1010. The van der Waals surface area contributed by atoms with Crippen LogP contribution in [0.25, 0.3) is 10.9 Å². The molecule has 0 saturated carbocycles. The van der Waals surface area contributed by atoms with Crippen molar-refractivity contribution < 1.29 is 4.79 Å². The molecule has 0 spiro atoms. The molecule has 1 aromatic heterocycles. The minimum absolute atomic E-state index is 0.125. The number of aromatic amines is 1. The van der Waals surface area contributed by atoms with Gasteiger partial charge in [-0.2, -0.15) is 5.10 Å². The fraction of sp³-hybridized carbons (Fsp3) is 0.250. The van der Waals surface area contributed by atoms with Gasteiger partial charge >= 0.3 is 0 Å². The smallest absolute Gasteiger partial charge is 0.280 e. The minimum Gasteiger partial charge on any atom is -0.320 e. The van der Waals surface area contributed by atoms with Crippen LogP contribution in [0, 0.1) is 0 Å². The van der Waals surface area contributed by atoms with E-state index in [9.17, 15) is 9.59 Å². The van der Waals surface area contributed by atoms with E-state index in [1.807, 2.05) is 30.3 Å². The summed E-state index contributed by atoms with van der Waals surface area (Å²) in [6.07, 6.45) is 2.43. The quantitative estimate of drug-likeness (QED) is 0.760. The van der Waals surface area contributed by atoms with E-state index in [0.717, 1.165) is 30.9 Å². The number of likely N-dealkylation sites (tertiary alicyclic amines) is 1. The van der Waals surface area contributed by atoms with E-state index in [-0.39, 0.29) is 11.1 Å². The summed E-state index contributed by atoms with van der Waals surface area (Å²) < 4.78 is 0. The van der Waals surface area contributed by atoms with Crippen LogP contribution in [0.3, 0.4) is 0 Å². The van der Waals surface area contributed by atoms with Gasteiger partial charge in [0.05, 0.1) is 5.52 Å². The number of para-hydroxylation sites is 2. The minimum atomic E-state index is -0.495. The number of fused-ring (bicyclic) bond motifs is 1. The maximum Gasteiger partial charge on any atom is 0.280 e. The van der Waals surface area contributed by atoms with Crippen molar-refractivity contribution in [2.75, 3.05) is 18.4 Å². The molecule has 1 amide bonds. The monoisotopic (exact) mass is 348 g/mol. The molecule has 2 N–H and O–H groups in total. The van der Waals surface area contributed by atoms with E-state index in [4.69, 9.17) is 0 Å². The molecule has 1 fully saturated rings. The first-order valence-electron chi connectivity index (χ1n) is 8.81. The molecule has 26 heavy (non-hydrogen) atoms. The van der Waals surface area contributed by atoms with Crippen molar-refractivity contribution in [3.63, 3.8) is 0 Å². The fourth-order valence-electron chi connectivity index (χ4n) is 3.37. The van der Waals surface area contributed by atoms with E-state index >= 15 is 0 Å². The third-order valence-corrected chi connectivity index (χ3v) is 4.75. The first-order chi connectivity index (χ1) is 12.7. The standard InChI is InChI=1S/C20H20N4O2/c25-19-15-8-2-4-10-17(15)22-23-18(19)20(26)21-16-9-3-1-7-14(16)13-24-11-5-6-12-24/h1-4,7-10H,5-6,11-13H2,(H,21,26)(H,22,25). The van der Waals surface area contributed by atoms with Crippen LogP contribution in [-0.4, -0.2) is 34.1 Å². The molecule has 0 unspecified atom stereocenters. The third-order valence-electron chi connectivity index (χ3n) is 4.75. The highest BCUT2D eigenvalue weighted by Gasteiger charge is 2.18. The number of H-pyrrole nitrogens is 1. The molecule has 4 rings (SSSR count). The van der Waals surface area contributed by atoms with Crippen LogP contribution in [0.1, 0.15) is 28.9 Å². The summed E-state index contributed by atoms with van der Waals surface area (Å²) >= 11 is 0. The zero-order valence-corrected chi connectivity index (χ0v) is 14.4. The van der Waals surface area contributed by atoms with Gasteiger partial charge in [0.25, 0.3) is 5.91 Å².